The summed E-state index contributed by atoms with van der Waals surface area (Å²) in [6, 6.07) is 20.2. The topological polar surface area (TPSA) is 251 Å². The van der Waals surface area contributed by atoms with E-state index in [1.165, 1.54) is 36.4 Å². The lowest BCUT2D eigenvalue weighted by Gasteiger charge is -2.33. The van der Waals surface area contributed by atoms with Gasteiger partial charge in [-0.25, -0.2) is 25.3 Å². The molecule has 1 heterocycles. The number of nitrogens with zero attached hydrogens (tertiary/aromatic N) is 6. The Kier molecular flexibility index (Phi) is 13.4. The third-order valence-corrected chi connectivity index (χ3v) is 15.1. The number of nitro groups is 3. The minimum Gasteiger partial charge on any atom is -0.488 e. The second-order valence-corrected chi connectivity index (χ2v) is 19.2. The Hall–Kier alpha value is -4.66. The van der Waals surface area contributed by atoms with E-state index in [1.54, 1.807) is 24.3 Å². The summed E-state index contributed by atoms with van der Waals surface area (Å²) in [6.45, 7) is -3.03. The molecule has 0 atom stereocenters. The van der Waals surface area contributed by atoms with Gasteiger partial charge in [0.1, 0.15) is 11.9 Å². The van der Waals surface area contributed by atoms with Gasteiger partial charge in [-0.15, -0.1) is 0 Å². The minimum absolute atomic E-state index is 0.204. The van der Waals surface area contributed by atoms with Crippen LogP contribution < -0.4 is 4.74 Å². The standard InChI is InChI=1S/C33H33IN6O13S3/c34-25-15-17-26(18-16-25)53-27-23-36(55(49,50)32-13-5-2-10-29(32)39(43)44)21-7-19-35(54(47,48)31-12-4-1-9-28(31)38(41)42)20-8-22-37(24-27)56(51,52)33-14-6-3-11-30(33)40(45)46/h1-6,9-18,27H,7-8,19-24H2. The zero-order valence-electron chi connectivity index (χ0n) is 29.1. The average molecular weight is 945 g/mol. The summed E-state index contributed by atoms with van der Waals surface area (Å²) < 4.78 is 95.0. The quantitative estimate of drug-likeness (QED) is 0.113. The molecule has 4 aromatic carbocycles. The molecule has 0 bridgehead atoms. The Morgan fingerprint density at radius 1 is 0.518 bits per heavy atom. The highest BCUT2D eigenvalue weighted by Gasteiger charge is 2.39. The molecule has 0 radical (unpaired) electrons. The van der Waals surface area contributed by atoms with Crippen molar-refractivity contribution in [2.24, 2.45) is 0 Å². The molecule has 1 saturated heterocycles. The van der Waals surface area contributed by atoms with E-state index in [2.05, 4.69) is 0 Å². The Morgan fingerprint density at radius 3 is 1.20 bits per heavy atom. The second kappa shape index (κ2) is 17.6. The smallest absolute Gasteiger partial charge is 0.289 e. The Balaban J connectivity index is 1.66. The fourth-order valence-corrected chi connectivity index (χ4v) is 11.4. The molecule has 56 heavy (non-hydrogen) atoms. The van der Waals surface area contributed by atoms with Gasteiger partial charge in [-0.1, -0.05) is 36.4 Å². The van der Waals surface area contributed by atoms with E-state index >= 15 is 0 Å². The van der Waals surface area contributed by atoms with Gasteiger partial charge < -0.3 is 4.74 Å². The van der Waals surface area contributed by atoms with Crippen molar-refractivity contribution in [1.82, 2.24) is 12.9 Å². The van der Waals surface area contributed by atoms with Crippen LogP contribution in [0, 0.1) is 33.9 Å². The number of hydrogen-bond acceptors (Lipinski definition) is 13. The van der Waals surface area contributed by atoms with Gasteiger partial charge in [0.05, 0.1) is 27.9 Å². The summed E-state index contributed by atoms with van der Waals surface area (Å²) in [4.78, 5) is 31.1. The Labute approximate surface area is 335 Å². The number of nitro benzene ring substituents is 3. The summed E-state index contributed by atoms with van der Waals surface area (Å²) in [7, 11) is -14.3. The predicted molar refractivity (Wildman–Crippen MR) is 208 cm³/mol. The normalized spacial score (nSPS) is 16.3. The molecule has 1 aliphatic heterocycles. The molecule has 0 spiro atoms. The van der Waals surface area contributed by atoms with E-state index in [0.717, 1.165) is 52.9 Å². The van der Waals surface area contributed by atoms with E-state index in [9.17, 15) is 55.6 Å². The fraction of sp³-hybridized carbons (Fsp3) is 0.273. The third kappa shape index (κ3) is 9.47. The number of rotatable bonds is 11. The van der Waals surface area contributed by atoms with Crippen LogP contribution in [0.5, 0.6) is 5.75 Å². The van der Waals surface area contributed by atoms with Gasteiger partial charge in [0.15, 0.2) is 14.7 Å². The summed E-state index contributed by atoms with van der Waals surface area (Å²) in [5.74, 6) is 0.204. The lowest BCUT2D eigenvalue weighted by atomic mass is 10.2. The zero-order chi connectivity index (χ0) is 40.8. The second-order valence-electron chi connectivity index (χ2n) is 12.2. The van der Waals surface area contributed by atoms with E-state index in [1.807, 2.05) is 22.6 Å². The predicted octanol–water partition coefficient (Wildman–Crippen LogP) is 4.63. The molecule has 23 heteroatoms. The van der Waals surface area contributed by atoms with Gasteiger partial charge in [0, 0.05) is 47.9 Å². The van der Waals surface area contributed by atoms with Gasteiger partial charge in [-0.05, 0) is 77.9 Å². The Morgan fingerprint density at radius 2 is 0.839 bits per heavy atom. The van der Waals surface area contributed by atoms with Crippen LogP contribution in [0.25, 0.3) is 0 Å². The molecular weight excluding hydrogens is 911 g/mol. The van der Waals surface area contributed by atoms with Crippen molar-refractivity contribution in [1.29, 1.82) is 0 Å². The van der Waals surface area contributed by atoms with Crippen LogP contribution in [-0.2, 0) is 30.1 Å². The molecule has 1 aliphatic rings. The molecule has 0 unspecified atom stereocenters. The maximum Gasteiger partial charge on any atom is 0.289 e. The Bertz CT molecular complexity index is 2350. The van der Waals surface area contributed by atoms with Crippen LogP contribution in [0.1, 0.15) is 12.8 Å². The molecule has 0 aliphatic carbocycles. The summed E-state index contributed by atoms with van der Waals surface area (Å²) in [5, 5.41) is 35.8. The molecule has 19 nitrogen and oxygen atoms in total. The lowest BCUT2D eigenvalue weighted by Crippen LogP contribution is -2.49. The van der Waals surface area contributed by atoms with Gasteiger partial charge in [-0.3, -0.25) is 30.3 Å². The minimum atomic E-state index is -4.81. The highest BCUT2D eigenvalue weighted by molar-refractivity contribution is 14.1. The SMILES string of the molecule is O=[N+]([O-])c1ccccc1S(=O)(=O)N1CCCN(S(=O)(=O)c2ccccc2[N+](=O)[O-])CC(Oc2ccc(I)cc2)CN(S(=O)(=O)c2ccccc2[N+](=O)[O-])CCC1. The molecule has 0 amide bonds. The molecule has 0 N–H and O–H groups in total. The molecule has 1 fully saturated rings. The molecule has 298 valence electrons. The first kappa shape index (κ1) is 42.5. The highest BCUT2D eigenvalue weighted by Crippen LogP contribution is 2.31. The average Bonchev–Trinajstić information content (AvgIpc) is 3.16. The monoisotopic (exact) mass is 944 g/mol. The van der Waals surface area contributed by atoms with Gasteiger partial charge in [0.2, 0.25) is 30.1 Å². The van der Waals surface area contributed by atoms with Crippen molar-refractivity contribution in [2.45, 2.75) is 33.6 Å². The first-order chi connectivity index (χ1) is 26.4. The first-order valence-electron chi connectivity index (χ1n) is 16.6. The molecular formula is C33H33IN6O13S3. The van der Waals surface area contributed by atoms with E-state index in [4.69, 9.17) is 4.74 Å². The number of benzene rings is 4. The largest absolute Gasteiger partial charge is 0.488 e. The van der Waals surface area contributed by atoms with Crippen molar-refractivity contribution in [3.05, 3.63) is 131 Å². The number of para-hydroxylation sites is 3. The van der Waals surface area contributed by atoms with Crippen LogP contribution in [0.2, 0.25) is 0 Å². The van der Waals surface area contributed by atoms with Crippen molar-refractivity contribution in [2.75, 3.05) is 39.3 Å². The van der Waals surface area contributed by atoms with Crippen molar-refractivity contribution < 1.29 is 44.8 Å². The maximum absolute atomic E-state index is 14.4. The molecule has 4 aromatic rings. The zero-order valence-corrected chi connectivity index (χ0v) is 33.7. The summed E-state index contributed by atoms with van der Waals surface area (Å²) in [6.07, 6.45) is -1.76. The van der Waals surface area contributed by atoms with Gasteiger partial charge in [0.25, 0.3) is 17.1 Å². The van der Waals surface area contributed by atoms with Crippen molar-refractivity contribution in [3.8, 4) is 5.75 Å². The van der Waals surface area contributed by atoms with E-state index in [0.29, 0.717) is 0 Å². The van der Waals surface area contributed by atoms with E-state index < -0.39 is 122 Å². The molecule has 5 rings (SSSR count). The van der Waals surface area contributed by atoms with Crippen LogP contribution in [0.3, 0.4) is 0 Å². The third-order valence-electron chi connectivity index (χ3n) is 8.60. The number of ether oxygens (including phenoxy) is 1. The highest BCUT2D eigenvalue weighted by atomic mass is 127. The summed E-state index contributed by atoms with van der Waals surface area (Å²) >= 11 is 2.05. The van der Waals surface area contributed by atoms with Crippen molar-refractivity contribution >= 4 is 69.7 Å². The van der Waals surface area contributed by atoms with Crippen LogP contribution in [0.15, 0.2) is 112 Å². The molecule has 0 aromatic heterocycles. The van der Waals surface area contributed by atoms with Gasteiger partial charge in [-0.2, -0.15) is 12.9 Å². The van der Waals surface area contributed by atoms with E-state index in [-0.39, 0.29) is 18.6 Å². The number of hydrogen-bond donors (Lipinski definition) is 0. The molecule has 0 saturated carbocycles. The lowest BCUT2D eigenvalue weighted by molar-refractivity contribution is -0.388. The van der Waals surface area contributed by atoms with Crippen molar-refractivity contribution in [3.63, 3.8) is 0 Å². The van der Waals surface area contributed by atoms with Crippen LogP contribution >= 0.6 is 22.6 Å². The maximum atomic E-state index is 14.4. The van der Waals surface area contributed by atoms with Crippen LogP contribution in [-0.4, -0.2) is 98.3 Å². The first-order valence-corrected chi connectivity index (χ1v) is 22.0. The fourth-order valence-electron chi connectivity index (χ4n) is 6.01. The summed E-state index contributed by atoms with van der Waals surface area (Å²) in [5.41, 5.74) is -2.24. The number of sulfonamides is 3. The number of halogens is 1. The van der Waals surface area contributed by atoms with Gasteiger partial charge >= 0.3 is 0 Å². The van der Waals surface area contributed by atoms with Crippen LogP contribution in [0.4, 0.5) is 17.1 Å².